The Kier molecular flexibility index (Phi) is 8.53. The molecule has 0 heterocycles. The van der Waals surface area contributed by atoms with Gasteiger partial charge in [-0.1, -0.05) is 29.3 Å². The van der Waals surface area contributed by atoms with E-state index in [-0.39, 0.29) is 4.90 Å². The number of anilines is 1. The van der Waals surface area contributed by atoms with Crippen LogP contribution < -0.4 is 14.5 Å². The fourth-order valence-corrected chi connectivity index (χ4v) is 5.08. The number of hydrogen-bond acceptors (Lipinski definition) is 5. The van der Waals surface area contributed by atoms with E-state index in [0.717, 1.165) is 21.2 Å². The lowest BCUT2D eigenvalue weighted by molar-refractivity contribution is -0.119. The number of benzene rings is 3. The van der Waals surface area contributed by atoms with E-state index in [9.17, 15) is 13.2 Å². The van der Waals surface area contributed by atoms with Gasteiger partial charge in [-0.05, 0) is 93.4 Å². The van der Waals surface area contributed by atoms with Crippen LogP contribution >= 0.6 is 11.6 Å². The van der Waals surface area contributed by atoms with Crippen molar-refractivity contribution in [3.05, 3.63) is 88.4 Å². The van der Waals surface area contributed by atoms with E-state index >= 15 is 0 Å². The summed E-state index contributed by atoms with van der Waals surface area (Å²) in [7, 11) is -4.04. The highest BCUT2D eigenvalue weighted by molar-refractivity contribution is 7.92. The van der Waals surface area contributed by atoms with Gasteiger partial charge in [0.15, 0.2) is 0 Å². The van der Waals surface area contributed by atoms with Crippen molar-refractivity contribution >= 4 is 38.9 Å². The van der Waals surface area contributed by atoms with Gasteiger partial charge in [0, 0.05) is 5.02 Å². The number of carbonyl (C=O) groups is 1. The zero-order valence-electron chi connectivity index (χ0n) is 20.1. The van der Waals surface area contributed by atoms with Gasteiger partial charge in [0.2, 0.25) is 0 Å². The second-order valence-electron chi connectivity index (χ2n) is 7.95. The Morgan fingerprint density at radius 2 is 1.69 bits per heavy atom. The first kappa shape index (κ1) is 26.2. The van der Waals surface area contributed by atoms with Crippen LogP contribution in [0, 0.1) is 13.8 Å². The second-order valence-corrected chi connectivity index (χ2v) is 10.2. The summed E-state index contributed by atoms with van der Waals surface area (Å²) in [6.07, 6.45) is 0. The molecule has 0 saturated heterocycles. The number of rotatable bonds is 9. The van der Waals surface area contributed by atoms with Gasteiger partial charge < -0.3 is 4.74 Å². The Morgan fingerprint density at radius 3 is 2.29 bits per heavy atom. The largest absolute Gasteiger partial charge is 0.494 e. The first-order valence-corrected chi connectivity index (χ1v) is 12.9. The number of amides is 1. The van der Waals surface area contributed by atoms with Crippen molar-refractivity contribution in [2.45, 2.75) is 32.6 Å². The number of nitrogens with one attached hydrogen (secondary N) is 1. The van der Waals surface area contributed by atoms with Crippen LogP contribution in [0.4, 0.5) is 5.69 Å². The maximum absolute atomic E-state index is 13.5. The van der Waals surface area contributed by atoms with Crippen molar-refractivity contribution in [2.75, 3.05) is 17.5 Å². The van der Waals surface area contributed by atoms with Crippen molar-refractivity contribution in [1.82, 2.24) is 5.43 Å². The lowest BCUT2D eigenvalue weighted by Gasteiger charge is -2.25. The Bertz CT molecular complexity index is 1320. The molecule has 9 heteroatoms. The molecule has 3 rings (SSSR count). The predicted molar refractivity (Wildman–Crippen MR) is 140 cm³/mol. The van der Waals surface area contributed by atoms with Crippen molar-refractivity contribution in [3.8, 4) is 5.75 Å². The molecular formula is C26H28ClN3O4S. The highest BCUT2D eigenvalue weighted by Gasteiger charge is 2.28. The molecule has 0 spiro atoms. The molecule has 0 saturated carbocycles. The van der Waals surface area contributed by atoms with Gasteiger partial charge in [0.25, 0.3) is 15.9 Å². The molecule has 0 aliphatic rings. The number of sulfonamides is 1. The van der Waals surface area contributed by atoms with Crippen molar-refractivity contribution in [1.29, 1.82) is 0 Å². The molecule has 7 nitrogen and oxygen atoms in total. The zero-order chi connectivity index (χ0) is 25.6. The van der Waals surface area contributed by atoms with Gasteiger partial charge in [0.1, 0.15) is 12.3 Å². The minimum absolute atomic E-state index is 0.0827. The van der Waals surface area contributed by atoms with Crippen LogP contribution in [0.25, 0.3) is 0 Å². The molecule has 1 amide bonds. The fraction of sp³-hybridized carbons (Fsp3) is 0.231. The lowest BCUT2D eigenvalue weighted by Crippen LogP contribution is -2.40. The summed E-state index contributed by atoms with van der Waals surface area (Å²) in [5, 5.41) is 4.62. The Labute approximate surface area is 211 Å². The molecule has 0 atom stereocenters. The molecule has 0 unspecified atom stereocenters. The molecule has 3 aromatic rings. The molecule has 184 valence electrons. The van der Waals surface area contributed by atoms with E-state index in [2.05, 4.69) is 10.5 Å². The van der Waals surface area contributed by atoms with Gasteiger partial charge in [-0.15, -0.1) is 0 Å². The minimum Gasteiger partial charge on any atom is -0.494 e. The standard InChI is InChI=1S/C26H28ClN3O4S/c1-5-34-23-11-8-21(9-12-23)20(4)28-29-26(31)17-30(25-15-10-22(27)16-19(25)3)35(32,33)24-13-6-18(2)7-14-24/h6-16H,5,17H2,1-4H3,(H,29,31)/b28-20+. The van der Waals surface area contributed by atoms with E-state index in [0.29, 0.717) is 28.6 Å². The van der Waals surface area contributed by atoms with Crippen LogP contribution in [-0.2, 0) is 14.8 Å². The summed E-state index contributed by atoms with van der Waals surface area (Å²) < 4.78 is 33.6. The Balaban J connectivity index is 1.86. The third kappa shape index (κ3) is 6.61. The lowest BCUT2D eigenvalue weighted by atomic mass is 10.1. The summed E-state index contributed by atoms with van der Waals surface area (Å²) in [6.45, 7) is 7.38. The molecule has 3 aromatic carbocycles. The summed E-state index contributed by atoms with van der Waals surface area (Å²) in [5.41, 5.74) is 5.74. The molecule has 0 aromatic heterocycles. The van der Waals surface area contributed by atoms with Crippen LogP contribution in [0.2, 0.25) is 5.02 Å². The van der Waals surface area contributed by atoms with Gasteiger partial charge >= 0.3 is 0 Å². The molecule has 0 bridgehead atoms. The van der Waals surface area contributed by atoms with Crippen molar-refractivity contribution in [2.24, 2.45) is 5.10 Å². The zero-order valence-corrected chi connectivity index (χ0v) is 21.7. The van der Waals surface area contributed by atoms with Gasteiger partial charge in [-0.3, -0.25) is 9.10 Å². The van der Waals surface area contributed by atoms with E-state index < -0.39 is 22.5 Å². The van der Waals surface area contributed by atoms with Crippen molar-refractivity contribution in [3.63, 3.8) is 0 Å². The van der Waals surface area contributed by atoms with Crippen molar-refractivity contribution < 1.29 is 17.9 Å². The predicted octanol–water partition coefficient (Wildman–Crippen LogP) is 5.09. The molecule has 1 N–H and O–H groups in total. The molecular weight excluding hydrogens is 486 g/mol. The average molecular weight is 514 g/mol. The first-order chi connectivity index (χ1) is 16.6. The highest BCUT2D eigenvalue weighted by atomic mass is 35.5. The van der Waals surface area contributed by atoms with E-state index in [1.165, 1.54) is 12.1 Å². The number of ether oxygens (including phenoxy) is 1. The van der Waals surface area contributed by atoms with Crippen LogP contribution in [-0.4, -0.2) is 33.2 Å². The quantitative estimate of drug-likeness (QED) is 0.319. The second kappa shape index (κ2) is 11.4. The average Bonchev–Trinajstić information content (AvgIpc) is 2.82. The van der Waals surface area contributed by atoms with Crippen LogP contribution in [0.3, 0.4) is 0 Å². The van der Waals surface area contributed by atoms with Crippen LogP contribution in [0.5, 0.6) is 5.75 Å². The van der Waals surface area contributed by atoms with E-state index in [1.54, 1.807) is 44.2 Å². The Morgan fingerprint density at radius 1 is 1.03 bits per heavy atom. The van der Waals surface area contributed by atoms with Gasteiger partial charge in [0.05, 0.1) is 22.9 Å². The molecule has 0 aliphatic carbocycles. The summed E-state index contributed by atoms with van der Waals surface area (Å²) in [6, 6.07) is 18.6. The summed E-state index contributed by atoms with van der Waals surface area (Å²) in [4.78, 5) is 12.9. The number of carbonyl (C=O) groups excluding carboxylic acids is 1. The number of halogens is 1. The third-order valence-electron chi connectivity index (χ3n) is 5.26. The molecule has 0 radical (unpaired) electrons. The SMILES string of the molecule is CCOc1ccc(/C(C)=N/NC(=O)CN(c2ccc(Cl)cc2C)S(=O)(=O)c2ccc(C)cc2)cc1. The van der Waals surface area contributed by atoms with Crippen LogP contribution in [0.15, 0.2) is 76.7 Å². The maximum Gasteiger partial charge on any atom is 0.264 e. The topological polar surface area (TPSA) is 88.1 Å². The minimum atomic E-state index is -4.04. The smallest absolute Gasteiger partial charge is 0.264 e. The monoisotopic (exact) mass is 513 g/mol. The number of aryl methyl sites for hydroxylation is 2. The molecule has 0 fully saturated rings. The molecule has 35 heavy (non-hydrogen) atoms. The third-order valence-corrected chi connectivity index (χ3v) is 7.26. The number of hydrazone groups is 1. The van der Waals surface area contributed by atoms with Gasteiger partial charge in [-0.2, -0.15) is 5.10 Å². The summed E-state index contributed by atoms with van der Waals surface area (Å²) >= 11 is 6.07. The normalized spacial score (nSPS) is 11.7. The highest BCUT2D eigenvalue weighted by Crippen LogP contribution is 2.29. The maximum atomic E-state index is 13.5. The fourth-order valence-electron chi connectivity index (χ4n) is 3.37. The first-order valence-electron chi connectivity index (χ1n) is 11.0. The van der Waals surface area contributed by atoms with E-state index in [4.69, 9.17) is 16.3 Å². The van der Waals surface area contributed by atoms with Gasteiger partial charge in [-0.25, -0.2) is 13.8 Å². The summed E-state index contributed by atoms with van der Waals surface area (Å²) in [5.74, 6) is 0.156. The van der Waals surface area contributed by atoms with Crippen LogP contribution in [0.1, 0.15) is 30.5 Å². The molecule has 0 aliphatic heterocycles. The van der Waals surface area contributed by atoms with E-state index in [1.807, 2.05) is 38.1 Å². The number of nitrogens with zero attached hydrogens (tertiary/aromatic N) is 2. The number of hydrogen-bond donors (Lipinski definition) is 1. The Hall–Kier alpha value is -3.36.